The van der Waals surface area contributed by atoms with Crippen LogP contribution in [0.25, 0.3) is 0 Å². The van der Waals surface area contributed by atoms with Gasteiger partial charge in [0.25, 0.3) is 0 Å². The van der Waals surface area contributed by atoms with Crippen LogP contribution in [0.5, 0.6) is 0 Å². The van der Waals surface area contributed by atoms with Gasteiger partial charge in [0.2, 0.25) is 5.91 Å². The highest BCUT2D eigenvalue weighted by atomic mass is 16.5. The highest BCUT2D eigenvalue weighted by molar-refractivity contribution is 5.92. The maximum absolute atomic E-state index is 11.3. The summed E-state index contributed by atoms with van der Waals surface area (Å²) in [6.07, 6.45) is -0.705. The summed E-state index contributed by atoms with van der Waals surface area (Å²) in [6.45, 7) is 4.80. The van der Waals surface area contributed by atoms with E-state index in [-0.39, 0.29) is 12.5 Å². The normalized spacial score (nSPS) is 22.1. The molecule has 0 bridgehead atoms. The highest BCUT2D eigenvalue weighted by Gasteiger charge is 2.18. The summed E-state index contributed by atoms with van der Waals surface area (Å²) < 4.78 is 4.33. The van der Waals surface area contributed by atoms with Crippen LogP contribution in [0.4, 0.5) is 4.79 Å². The van der Waals surface area contributed by atoms with E-state index in [1.165, 1.54) is 7.11 Å². The summed E-state index contributed by atoms with van der Waals surface area (Å²) in [4.78, 5) is 24.1. The Morgan fingerprint density at radius 2 is 2.33 bits per heavy atom. The summed E-state index contributed by atoms with van der Waals surface area (Å²) in [6, 6.07) is 0.379. The Labute approximate surface area is 88.9 Å². The van der Waals surface area contributed by atoms with E-state index < -0.39 is 6.09 Å². The Morgan fingerprint density at radius 1 is 1.60 bits per heavy atom. The van der Waals surface area contributed by atoms with Crippen molar-refractivity contribution in [3.63, 3.8) is 0 Å². The van der Waals surface area contributed by atoms with Crippen molar-refractivity contribution in [3.8, 4) is 0 Å². The molecule has 0 saturated carbocycles. The van der Waals surface area contributed by atoms with Crippen molar-refractivity contribution in [3.05, 3.63) is 0 Å². The molecule has 2 N–H and O–H groups in total. The maximum Gasteiger partial charge on any atom is 0.413 e. The van der Waals surface area contributed by atoms with Crippen molar-refractivity contribution >= 4 is 12.0 Å². The number of nitrogens with one attached hydrogen (secondary N) is 2. The molecule has 0 aliphatic carbocycles. The smallest absolute Gasteiger partial charge is 0.413 e. The topological polar surface area (TPSA) is 70.7 Å². The van der Waals surface area contributed by atoms with Crippen LogP contribution in [0.1, 0.15) is 6.92 Å². The summed E-state index contributed by atoms with van der Waals surface area (Å²) in [5, 5.41) is 5.40. The van der Waals surface area contributed by atoms with Gasteiger partial charge in [0.1, 0.15) is 0 Å². The lowest BCUT2D eigenvalue weighted by atomic mass is 10.2. The summed E-state index contributed by atoms with van der Waals surface area (Å²) in [5.41, 5.74) is 0. The maximum atomic E-state index is 11.3. The molecule has 1 aliphatic heterocycles. The van der Waals surface area contributed by atoms with Crippen LogP contribution in [-0.2, 0) is 9.53 Å². The summed E-state index contributed by atoms with van der Waals surface area (Å²) >= 11 is 0. The molecule has 6 nitrogen and oxygen atoms in total. The molecule has 2 amide bonds. The van der Waals surface area contributed by atoms with E-state index in [1.807, 2.05) is 4.90 Å². The van der Waals surface area contributed by atoms with Gasteiger partial charge in [-0.15, -0.1) is 0 Å². The fourth-order valence-electron chi connectivity index (χ4n) is 1.56. The number of carbonyl (C=O) groups is 2. The van der Waals surface area contributed by atoms with E-state index in [1.54, 1.807) is 0 Å². The predicted molar refractivity (Wildman–Crippen MR) is 54.5 cm³/mol. The minimum absolute atomic E-state index is 0.237. The van der Waals surface area contributed by atoms with Gasteiger partial charge >= 0.3 is 6.09 Å². The van der Waals surface area contributed by atoms with Crippen molar-refractivity contribution in [2.45, 2.75) is 13.0 Å². The van der Waals surface area contributed by atoms with Gasteiger partial charge in [-0.2, -0.15) is 0 Å². The monoisotopic (exact) mass is 215 g/mol. The summed E-state index contributed by atoms with van der Waals surface area (Å²) in [5.74, 6) is -0.323. The quantitative estimate of drug-likeness (QED) is 0.628. The number of nitrogens with zero attached hydrogens (tertiary/aromatic N) is 1. The molecule has 0 spiro atoms. The van der Waals surface area contributed by atoms with Gasteiger partial charge in [-0.1, -0.05) is 0 Å². The van der Waals surface area contributed by atoms with Crippen LogP contribution in [0.2, 0.25) is 0 Å². The zero-order valence-electron chi connectivity index (χ0n) is 9.08. The fraction of sp³-hybridized carbons (Fsp3) is 0.778. The van der Waals surface area contributed by atoms with E-state index in [9.17, 15) is 9.59 Å². The summed E-state index contributed by atoms with van der Waals surface area (Å²) in [7, 11) is 1.23. The highest BCUT2D eigenvalue weighted by Crippen LogP contribution is 1.97. The predicted octanol–water partition coefficient (Wildman–Crippen LogP) is -0.837. The second-order valence-corrected chi connectivity index (χ2v) is 3.63. The van der Waals surface area contributed by atoms with Gasteiger partial charge < -0.3 is 10.1 Å². The molecule has 1 saturated heterocycles. The number of alkyl carbamates (subject to hydrolysis) is 1. The zero-order chi connectivity index (χ0) is 11.3. The zero-order valence-corrected chi connectivity index (χ0v) is 9.08. The molecule has 0 radical (unpaired) electrons. The second kappa shape index (κ2) is 5.67. The van der Waals surface area contributed by atoms with Gasteiger partial charge in [-0.05, 0) is 6.92 Å². The van der Waals surface area contributed by atoms with Gasteiger partial charge in [0.05, 0.1) is 13.7 Å². The number of carbonyl (C=O) groups excluding carboxylic acids is 2. The van der Waals surface area contributed by atoms with Gasteiger partial charge in [-0.3, -0.25) is 15.0 Å². The van der Waals surface area contributed by atoms with Gasteiger partial charge in [-0.25, -0.2) is 4.79 Å². The van der Waals surface area contributed by atoms with E-state index in [4.69, 9.17) is 0 Å². The molecule has 1 aliphatic rings. The molecule has 0 aromatic rings. The van der Waals surface area contributed by atoms with Crippen LogP contribution in [-0.4, -0.2) is 56.2 Å². The standard InChI is InChI=1S/C9H17N3O3/c1-7-5-12(4-3-10-7)6-8(13)11-9(14)15-2/h7,10H,3-6H2,1-2H3,(H,11,13,14)/t7-/m0/s1. The van der Waals surface area contributed by atoms with Crippen molar-refractivity contribution in [2.24, 2.45) is 0 Å². The largest absolute Gasteiger partial charge is 0.453 e. The number of rotatable bonds is 2. The number of piperazine rings is 1. The first kappa shape index (κ1) is 11.9. The number of amides is 2. The molecule has 6 heteroatoms. The number of ether oxygens (including phenoxy) is 1. The second-order valence-electron chi connectivity index (χ2n) is 3.63. The van der Waals surface area contributed by atoms with E-state index in [0.29, 0.717) is 6.04 Å². The van der Waals surface area contributed by atoms with Crippen LogP contribution < -0.4 is 10.6 Å². The first-order valence-electron chi connectivity index (χ1n) is 4.95. The van der Waals surface area contributed by atoms with Crippen LogP contribution in [0.15, 0.2) is 0 Å². The Kier molecular flexibility index (Phi) is 4.51. The number of methoxy groups -OCH3 is 1. The van der Waals surface area contributed by atoms with Gasteiger partial charge in [0, 0.05) is 25.7 Å². The van der Waals surface area contributed by atoms with Crippen LogP contribution in [0.3, 0.4) is 0 Å². The first-order chi connectivity index (χ1) is 7.11. The molecule has 1 rings (SSSR count). The van der Waals surface area contributed by atoms with Crippen molar-refractivity contribution in [1.82, 2.24) is 15.5 Å². The number of imide groups is 1. The molecular weight excluding hydrogens is 198 g/mol. The average molecular weight is 215 g/mol. The van der Waals surface area contributed by atoms with E-state index in [0.717, 1.165) is 19.6 Å². The van der Waals surface area contributed by atoms with Crippen LogP contribution in [0, 0.1) is 0 Å². The van der Waals surface area contributed by atoms with Gasteiger partial charge in [0.15, 0.2) is 0 Å². The minimum atomic E-state index is -0.705. The minimum Gasteiger partial charge on any atom is -0.453 e. The van der Waals surface area contributed by atoms with Crippen molar-refractivity contribution in [1.29, 1.82) is 0 Å². The Hall–Kier alpha value is -1.14. The average Bonchev–Trinajstić information content (AvgIpc) is 2.17. The van der Waals surface area contributed by atoms with Crippen molar-refractivity contribution in [2.75, 3.05) is 33.3 Å². The third kappa shape index (κ3) is 4.26. The molecule has 1 fully saturated rings. The lowest BCUT2D eigenvalue weighted by Crippen LogP contribution is -2.52. The molecule has 1 atom stereocenters. The Bertz CT molecular complexity index is 245. The number of hydrogen-bond acceptors (Lipinski definition) is 5. The lowest BCUT2D eigenvalue weighted by Gasteiger charge is -2.30. The SMILES string of the molecule is COC(=O)NC(=O)CN1CCN[C@@H](C)C1. The van der Waals surface area contributed by atoms with E-state index in [2.05, 4.69) is 22.3 Å². The van der Waals surface area contributed by atoms with Crippen LogP contribution >= 0.6 is 0 Å². The Morgan fingerprint density at radius 3 is 2.93 bits per heavy atom. The number of hydrogen-bond donors (Lipinski definition) is 2. The molecule has 0 aromatic carbocycles. The molecule has 0 unspecified atom stereocenters. The molecule has 1 heterocycles. The van der Waals surface area contributed by atoms with Crippen molar-refractivity contribution < 1.29 is 14.3 Å². The third-order valence-electron chi connectivity index (χ3n) is 2.25. The molecular formula is C9H17N3O3. The van der Waals surface area contributed by atoms with E-state index >= 15 is 0 Å². The lowest BCUT2D eigenvalue weighted by molar-refractivity contribution is -0.121. The fourth-order valence-corrected chi connectivity index (χ4v) is 1.56. The molecule has 86 valence electrons. The third-order valence-corrected chi connectivity index (χ3v) is 2.25. The molecule has 0 aromatic heterocycles. The molecule has 15 heavy (non-hydrogen) atoms. The Balaban J connectivity index is 2.27. The first-order valence-corrected chi connectivity index (χ1v) is 4.95.